The number of nitrogens with one attached hydrogen (secondary N) is 1. The van der Waals surface area contributed by atoms with Crippen LogP contribution in [0.5, 0.6) is 0 Å². The van der Waals surface area contributed by atoms with Crippen molar-refractivity contribution in [1.82, 2.24) is 9.62 Å². The summed E-state index contributed by atoms with van der Waals surface area (Å²) >= 11 is 12.2. The summed E-state index contributed by atoms with van der Waals surface area (Å²) in [7, 11) is -3.79. The molecule has 30 heavy (non-hydrogen) atoms. The van der Waals surface area contributed by atoms with Crippen LogP contribution >= 0.6 is 23.2 Å². The van der Waals surface area contributed by atoms with E-state index in [9.17, 15) is 13.2 Å². The number of piperidine rings is 1. The maximum Gasteiger partial charge on any atom is 0.246 e. The van der Waals surface area contributed by atoms with E-state index in [1.54, 1.807) is 6.07 Å². The Morgan fingerprint density at radius 2 is 1.70 bits per heavy atom. The molecule has 1 N–H and O–H groups in total. The molecule has 0 bridgehead atoms. The molecule has 9 heteroatoms. The molecule has 1 saturated heterocycles. The molecule has 0 spiro atoms. The van der Waals surface area contributed by atoms with Crippen LogP contribution in [0.2, 0.25) is 10.0 Å². The van der Waals surface area contributed by atoms with Crippen LogP contribution < -0.4 is 5.32 Å². The minimum atomic E-state index is -3.79. The normalized spacial score (nSPS) is 19.7. The zero-order valence-electron chi connectivity index (χ0n) is 17.1. The van der Waals surface area contributed by atoms with E-state index in [4.69, 9.17) is 27.9 Å². The molecule has 1 aliphatic heterocycles. The second-order valence-electron chi connectivity index (χ2n) is 8.00. The van der Waals surface area contributed by atoms with Crippen molar-refractivity contribution in [2.75, 3.05) is 26.2 Å². The Kier molecular flexibility index (Phi) is 8.83. The van der Waals surface area contributed by atoms with Crippen molar-refractivity contribution >= 4 is 39.1 Å². The van der Waals surface area contributed by atoms with Crippen molar-refractivity contribution in [3.63, 3.8) is 0 Å². The monoisotopic (exact) mass is 476 g/mol. The van der Waals surface area contributed by atoms with Crippen LogP contribution in [-0.4, -0.2) is 51.0 Å². The van der Waals surface area contributed by atoms with Gasteiger partial charge in [-0.25, -0.2) is 8.42 Å². The minimum Gasteiger partial charge on any atom is -0.378 e. The Balaban J connectivity index is 1.41. The lowest BCUT2D eigenvalue weighted by atomic mass is 9.97. The average Bonchev–Trinajstić information content (AvgIpc) is 2.74. The van der Waals surface area contributed by atoms with Gasteiger partial charge in [0.2, 0.25) is 15.9 Å². The summed E-state index contributed by atoms with van der Waals surface area (Å²) in [6, 6.07) is 4.64. The number of amides is 1. The van der Waals surface area contributed by atoms with Gasteiger partial charge < -0.3 is 10.1 Å². The molecule has 2 fully saturated rings. The van der Waals surface area contributed by atoms with Crippen LogP contribution in [0.25, 0.3) is 0 Å². The number of hydrogen-bond donors (Lipinski definition) is 1. The zero-order valence-corrected chi connectivity index (χ0v) is 19.4. The number of sulfonamides is 1. The number of rotatable bonds is 8. The van der Waals surface area contributed by atoms with Gasteiger partial charge in [-0.05, 0) is 44.2 Å². The zero-order chi connectivity index (χ0) is 21.6. The highest BCUT2D eigenvalue weighted by atomic mass is 35.5. The third-order valence-corrected chi connectivity index (χ3v) is 8.72. The summed E-state index contributed by atoms with van der Waals surface area (Å²) in [5.41, 5.74) is 0. The van der Waals surface area contributed by atoms with Gasteiger partial charge in [-0.1, -0.05) is 48.5 Å². The van der Waals surface area contributed by atoms with E-state index in [1.165, 1.54) is 35.7 Å². The highest BCUT2D eigenvalue weighted by Crippen LogP contribution is 2.33. The van der Waals surface area contributed by atoms with Gasteiger partial charge in [0.25, 0.3) is 0 Å². The molecule has 1 aliphatic carbocycles. The Morgan fingerprint density at radius 3 is 2.33 bits per heavy atom. The molecule has 6 nitrogen and oxygen atoms in total. The average molecular weight is 477 g/mol. The van der Waals surface area contributed by atoms with Gasteiger partial charge in [0.15, 0.2) is 0 Å². The molecular weight excluding hydrogens is 447 g/mol. The van der Waals surface area contributed by atoms with Crippen molar-refractivity contribution in [3.8, 4) is 0 Å². The van der Waals surface area contributed by atoms with Gasteiger partial charge >= 0.3 is 0 Å². The van der Waals surface area contributed by atoms with Crippen LogP contribution in [-0.2, 0) is 19.6 Å². The van der Waals surface area contributed by atoms with E-state index < -0.39 is 10.0 Å². The molecule has 1 saturated carbocycles. The first-order valence-corrected chi connectivity index (χ1v) is 12.9. The van der Waals surface area contributed by atoms with Crippen molar-refractivity contribution in [2.24, 2.45) is 5.92 Å². The van der Waals surface area contributed by atoms with Gasteiger partial charge in [0.1, 0.15) is 4.90 Å². The van der Waals surface area contributed by atoms with Crippen LogP contribution in [0.1, 0.15) is 51.4 Å². The maximum atomic E-state index is 12.9. The van der Waals surface area contributed by atoms with Gasteiger partial charge in [-0.2, -0.15) is 4.31 Å². The third kappa shape index (κ3) is 6.10. The lowest BCUT2D eigenvalue weighted by molar-refractivity contribution is -0.126. The molecule has 1 heterocycles. The Hall–Kier alpha value is -0.860. The second-order valence-corrected chi connectivity index (χ2v) is 10.7. The molecule has 3 rings (SSSR count). The number of ether oxygens (including phenoxy) is 1. The molecule has 0 aromatic heterocycles. The minimum absolute atomic E-state index is 0.0134. The van der Waals surface area contributed by atoms with Crippen LogP contribution in [0.3, 0.4) is 0 Å². The highest BCUT2D eigenvalue weighted by molar-refractivity contribution is 7.89. The van der Waals surface area contributed by atoms with Crippen molar-refractivity contribution in [3.05, 3.63) is 28.2 Å². The maximum absolute atomic E-state index is 12.9. The lowest BCUT2D eigenvalue weighted by Gasteiger charge is -2.31. The second kappa shape index (κ2) is 11.1. The molecule has 1 aromatic rings. The molecular formula is C21H30Cl2N2O4S. The molecule has 168 valence electrons. The Labute approximate surface area is 189 Å². The summed E-state index contributed by atoms with van der Waals surface area (Å²) in [6.45, 7) is 1.79. The quantitative estimate of drug-likeness (QED) is 0.568. The van der Waals surface area contributed by atoms with E-state index in [0.717, 1.165) is 19.3 Å². The fourth-order valence-electron chi connectivity index (χ4n) is 4.13. The summed E-state index contributed by atoms with van der Waals surface area (Å²) in [6.07, 6.45) is 8.23. The number of hydrogen-bond acceptors (Lipinski definition) is 4. The van der Waals surface area contributed by atoms with Crippen LogP contribution in [0.4, 0.5) is 0 Å². The topological polar surface area (TPSA) is 75.7 Å². The van der Waals surface area contributed by atoms with Crippen molar-refractivity contribution in [1.29, 1.82) is 0 Å². The van der Waals surface area contributed by atoms with Gasteiger partial charge in [-0.15, -0.1) is 0 Å². The van der Waals surface area contributed by atoms with E-state index in [2.05, 4.69) is 5.32 Å². The first-order valence-electron chi connectivity index (χ1n) is 10.7. The van der Waals surface area contributed by atoms with Crippen LogP contribution in [0, 0.1) is 5.92 Å². The SMILES string of the molecule is O=C(NCCCOC1CCCCC1)C1CCN(S(=O)(=O)c2c(Cl)cccc2Cl)CC1. The van der Waals surface area contributed by atoms with E-state index in [-0.39, 0.29) is 39.9 Å². The predicted molar refractivity (Wildman–Crippen MR) is 118 cm³/mol. The molecule has 1 aromatic carbocycles. The number of carbonyl (C=O) groups excluding carboxylic acids is 1. The first-order chi connectivity index (χ1) is 14.4. The Morgan fingerprint density at radius 1 is 1.07 bits per heavy atom. The molecule has 0 atom stereocenters. The van der Waals surface area contributed by atoms with Crippen molar-refractivity contribution < 1.29 is 17.9 Å². The van der Waals surface area contributed by atoms with E-state index in [1.807, 2.05) is 0 Å². The summed E-state index contributed by atoms with van der Waals surface area (Å²) in [4.78, 5) is 12.4. The van der Waals surface area contributed by atoms with Gasteiger partial charge in [0, 0.05) is 32.2 Å². The first kappa shape index (κ1) is 23.8. The number of nitrogens with zero attached hydrogens (tertiary/aromatic N) is 1. The van der Waals surface area contributed by atoms with Crippen LogP contribution in [0.15, 0.2) is 23.1 Å². The number of carbonyl (C=O) groups is 1. The Bertz CT molecular complexity index is 800. The number of halogens is 2. The smallest absolute Gasteiger partial charge is 0.246 e. The summed E-state index contributed by atoms with van der Waals surface area (Å²) < 4.78 is 33.1. The summed E-state index contributed by atoms with van der Waals surface area (Å²) in [5, 5.41) is 3.18. The van der Waals surface area contributed by atoms with Gasteiger partial charge in [-0.3, -0.25) is 4.79 Å². The summed E-state index contributed by atoms with van der Waals surface area (Å²) in [5.74, 6) is -0.196. The fraction of sp³-hybridized carbons (Fsp3) is 0.667. The standard InChI is InChI=1S/C21H30Cl2N2O4S/c22-18-8-4-9-19(23)20(18)30(27,28)25-13-10-16(11-14-25)21(26)24-12-5-15-29-17-6-2-1-3-7-17/h4,8-9,16-17H,1-3,5-7,10-15H2,(H,24,26). The molecule has 2 aliphatic rings. The molecule has 1 amide bonds. The fourth-order valence-corrected chi connectivity index (χ4v) is 6.69. The molecule has 0 radical (unpaired) electrons. The molecule has 0 unspecified atom stereocenters. The lowest BCUT2D eigenvalue weighted by Crippen LogP contribution is -2.43. The largest absolute Gasteiger partial charge is 0.378 e. The van der Waals surface area contributed by atoms with E-state index >= 15 is 0 Å². The predicted octanol–water partition coefficient (Wildman–Crippen LogP) is 4.25. The third-order valence-electron chi connectivity index (χ3n) is 5.87. The number of benzene rings is 1. The van der Waals surface area contributed by atoms with E-state index in [0.29, 0.717) is 32.1 Å². The van der Waals surface area contributed by atoms with Crippen molar-refractivity contribution in [2.45, 2.75) is 62.4 Å². The highest BCUT2D eigenvalue weighted by Gasteiger charge is 2.34. The van der Waals surface area contributed by atoms with Gasteiger partial charge in [0.05, 0.1) is 16.1 Å².